The van der Waals surface area contributed by atoms with Crippen LogP contribution in [0.4, 0.5) is 0 Å². The summed E-state index contributed by atoms with van der Waals surface area (Å²) in [5.41, 5.74) is 0. The van der Waals surface area contributed by atoms with Crippen molar-refractivity contribution in [3.05, 3.63) is 6.57 Å². The Morgan fingerprint density at radius 2 is 1.20 bits per heavy atom. The first kappa shape index (κ1) is 30.5. The summed E-state index contributed by atoms with van der Waals surface area (Å²) in [6.45, 7) is 4.75. The SMILES string of the molecule is [C-]#N.[Cr].[Ti].[Zr]. The van der Waals surface area contributed by atoms with Crippen molar-refractivity contribution in [3.63, 3.8) is 0 Å². The number of hydrogen-bond donors (Lipinski definition) is 0. The van der Waals surface area contributed by atoms with Gasteiger partial charge in [-0.2, -0.15) is 0 Å². The van der Waals surface area contributed by atoms with Gasteiger partial charge in [0.05, 0.1) is 0 Å². The predicted octanol–water partition coefficient (Wildman–Crippen LogP) is 0.0889. The second-order valence-corrected chi connectivity index (χ2v) is 0. The predicted molar refractivity (Wildman–Crippen MR) is 4.97 cm³/mol. The molecule has 0 bridgehead atoms. The first-order valence-electron chi connectivity index (χ1n) is 0.224. The van der Waals surface area contributed by atoms with Gasteiger partial charge in [-0.05, 0) is 0 Å². The molecule has 0 unspecified atom stereocenters. The Hall–Kier alpha value is 1.62. The van der Waals surface area contributed by atoms with Crippen molar-refractivity contribution in [1.82, 2.24) is 0 Å². The maximum atomic E-state index is 6.25. The third-order valence-electron chi connectivity index (χ3n) is 0. The summed E-state index contributed by atoms with van der Waals surface area (Å²) in [6.07, 6.45) is 0. The summed E-state index contributed by atoms with van der Waals surface area (Å²) in [5, 5.41) is 6.25. The molecule has 0 aromatic carbocycles. The van der Waals surface area contributed by atoms with Gasteiger partial charge in [0.15, 0.2) is 0 Å². The van der Waals surface area contributed by atoms with E-state index < -0.39 is 0 Å². The molecule has 0 aromatic heterocycles. The summed E-state index contributed by atoms with van der Waals surface area (Å²) < 4.78 is 0. The van der Waals surface area contributed by atoms with Crippen LogP contribution in [-0.2, 0) is 65.3 Å². The fourth-order valence-electron chi connectivity index (χ4n) is 0. The van der Waals surface area contributed by atoms with Crippen molar-refractivity contribution < 1.29 is 65.3 Å². The van der Waals surface area contributed by atoms with E-state index in [0.717, 1.165) is 0 Å². The largest absolute Gasteiger partial charge is 0.512 e. The second-order valence-electron chi connectivity index (χ2n) is 0. The molecular weight excluding hydrogens is 217 g/mol. The molecule has 0 saturated heterocycles. The van der Waals surface area contributed by atoms with Gasteiger partial charge in [-0.1, -0.05) is 0 Å². The van der Waals surface area contributed by atoms with E-state index in [2.05, 4.69) is 0 Å². The quantitative estimate of drug-likeness (QED) is 0.416. The Balaban J connectivity index is -0.00000000167. The first-order valence-corrected chi connectivity index (χ1v) is 0.224. The summed E-state index contributed by atoms with van der Waals surface area (Å²) in [6, 6.07) is 0. The molecule has 1 nitrogen and oxygen atoms in total. The van der Waals surface area contributed by atoms with Crippen LogP contribution in [0, 0.1) is 11.8 Å². The maximum absolute atomic E-state index is 6.25. The Morgan fingerprint density at radius 1 is 1.20 bits per heavy atom. The van der Waals surface area contributed by atoms with Crippen LogP contribution in [0.2, 0.25) is 0 Å². The van der Waals surface area contributed by atoms with E-state index >= 15 is 0 Å². The molecule has 0 saturated carbocycles. The zero-order chi connectivity index (χ0) is 2.00. The van der Waals surface area contributed by atoms with Crippen LogP contribution in [0.3, 0.4) is 0 Å². The third kappa shape index (κ3) is 28.1. The molecule has 0 amide bonds. The summed E-state index contributed by atoms with van der Waals surface area (Å²) in [5.74, 6) is 0. The van der Waals surface area contributed by atoms with Crippen LogP contribution in [0.1, 0.15) is 0 Å². The monoisotopic (exact) mass is 216 g/mol. The maximum Gasteiger partial charge on any atom is 0 e. The van der Waals surface area contributed by atoms with Gasteiger partial charge in [-0.3, -0.25) is 0 Å². The van der Waals surface area contributed by atoms with E-state index in [9.17, 15) is 0 Å². The summed E-state index contributed by atoms with van der Waals surface area (Å²) >= 11 is 0. The Kier molecular flexibility index (Phi) is 278. The number of hydrogen-bond acceptors (Lipinski definition) is 1. The van der Waals surface area contributed by atoms with Crippen molar-refractivity contribution in [2.75, 3.05) is 0 Å². The van der Waals surface area contributed by atoms with E-state index in [-0.39, 0.29) is 65.3 Å². The number of rotatable bonds is 0. The average molecular weight is 217 g/mol. The van der Waals surface area contributed by atoms with Gasteiger partial charge < -0.3 is 11.8 Å². The smallest absolute Gasteiger partial charge is 0 e. The standard InChI is InChI=1S/CN.Cr.Ti.Zr/c1-2;;;/q-1;;;. The first-order chi connectivity index (χ1) is 1.00. The van der Waals surface area contributed by atoms with Gasteiger partial charge in [0.25, 0.3) is 0 Å². The van der Waals surface area contributed by atoms with Gasteiger partial charge >= 0.3 is 0 Å². The van der Waals surface area contributed by atoms with Crippen LogP contribution in [0.5, 0.6) is 0 Å². The molecule has 0 aromatic rings. The molecular formula is CCrNTiZr-. The van der Waals surface area contributed by atoms with Gasteiger partial charge in [-0.15, -0.1) is 0 Å². The Morgan fingerprint density at radius 3 is 1.20 bits per heavy atom. The van der Waals surface area contributed by atoms with Crippen molar-refractivity contribution in [2.45, 2.75) is 0 Å². The molecule has 24 valence electrons. The molecule has 0 aliphatic carbocycles. The molecule has 4 heteroatoms. The fraction of sp³-hybridized carbons (Fsp3) is 0. The zero-order valence-corrected chi connectivity index (χ0v) is 7.65. The minimum absolute atomic E-state index is 0. The van der Waals surface area contributed by atoms with Crippen LogP contribution < -0.4 is 0 Å². The molecule has 0 aliphatic rings. The van der Waals surface area contributed by atoms with Crippen molar-refractivity contribution >= 4 is 0 Å². The minimum Gasteiger partial charge on any atom is -0.512 e. The molecule has 0 atom stereocenters. The van der Waals surface area contributed by atoms with Gasteiger partial charge in [0, 0.05) is 65.3 Å². The van der Waals surface area contributed by atoms with Crippen molar-refractivity contribution in [2.24, 2.45) is 0 Å². The zero-order valence-electron chi connectivity index (χ0n) is 2.36. The van der Waals surface area contributed by atoms with Crippen LogP contribution >= 0.6 is 0 Å². The molecule has 0 radical (unpaired) electrons. The molecule has 0 spiro atoms. The van der Waals surface area contributed by atoms with E-state index in [1.54, 1.807) is 0 Å². The molecule has 0 N–H and O–H groups in total. The van der Waals surface area contributed by atoms with Crippen LogP contribution in [-0.4, -0.2) is 0 Å². The Bertz CT molecular complexity index is 16.4. The van der Waals surface area contributed by atoms with Gasteiger partial charge in [-0.25, -0.2) is 0 Å². The van der Waals surface area contributed by atoms with E-state index in [0.29, 0.717) is 0 Å². The van der Waals surface area contributed by atoms with Gasteiger partial charge in [0.1, 0.15) is 0 Å². The Labute approximate surface area is 76.3 Å². The second kappa shape index (κ2) is 45.7. The molecule has 0 heterocycles. The topological polar surface area (TPSA) is 23.8 Å². The summed E-state index contributed by atoms with van der Waals surface area (Å²) in [7, 11) is 0. The average Bonchev–Trinajstić information content (AvgIpc) is 1.00. The normalized spacial score (nSPS) is 0.400. The van der Waals surface area contributed by atoms with Crippen molar-refractivity contribution in [1.29, 1.82) is 5.26 Å². The molecule has 0 rings (SSSR count). The molecule has 0 fully saturated rings. The van der Waals surface area contributed by atoms with Gasteiger partial charge in [0.2, 0.25) is 0 Å². The molecule has 0 aliphatic heterocycles. The van der Waals surface area contributed by atoms with Crippen LogP contribution in [0.15, 0.2) is 0 Å². The minimum atomic E-state index is 0. The van der Waals surface area contributed by atoms with E-state index in [1.807, 2.05) is 0 Å². The number of nitrogens with zero attached hydrogens (tertiary/aromatic N) is 1. The van der Waals surface area contributed by atoms with E-state index in [1.165, 1.54) is 0 Å². The summed E-state index contributed by atoms with van der Waals surface area (Å²) in [4.78, 5) is 0. The van der Waals surface area contributed by atoms with Crippen molar-refractivity contribution in [3.8, 4) is 0 Å². The fourth-order valence-corrected chi connectivity index (χ4v) is 0. The van der Waals surface area contributed by atoms with Crippen LogP contribution in [0.25, 0.3) is 0 Å². The third-order valence-corrected chi connectivity index (χ3v) is 0. The van der Waals surface area contributed by atoms with E-state index in [4.69, 9.17) is 11.8 Å². The molecule has 5 heavy (non-hydrogen) atoms.